The van der Waals surface area contributed by atoms with Crippen LogP contribution in [0.2, 0.25) is 0 Å². The third-order valence-corrected chi connectivity index (χ3v) is 4.91. The summed E-state index contributed by atoms with van der Waals surface area (Å²) in [4.78, 5) is 25.7. The Labute approximate surface area is 158 Å². The van der Waals surface area contributed by atoms with Crippen LogP contribution in [-0.4, -0.2) is 56.7 Å². The molecule has 3 heterocycles. The first-order valence-electron chi connectivity index (χ1n) is 9.13. The van der Waals surface area contributed by atoms with E-state index in [1.54, 1.807) is 11.0 Å². The molecule has 0 spiro atoms. The van der Waals surface area contributed by atoms with Crippen molar-refractivity contribution in [3.8, 4) is 5.69 Å². The molecule has 1 amide bonds. The van der Waals surface area contributed by atoms with Crippen LogP contribution in [0.1, 0.15) is 22.3 Å². The fraction of sp³-hybridized carbons (Fsp3) is 0.300. The highest BCUT2D eigenvalue weighted by Gasteiger charge is 2.23. The Morgan fingerprint density at radius 3 is 2.70 bits per heavy atom. The van der Waals surface area contributed by atoms with E-state index < -0.39 is 0 Å². The molecule has 1 saturated heterocycles. The zero-order valence-electron chi connectivity index (χ0n) is 15.3. The fourth-order valence-corrected chi connectivity index (χ4v) is 3.54. The van der Waals surface area contributed by atoms with Crippen LogP contribution in [0.25, 0.3) is 5.69 Å². The van der Waals surface area contributed by atoms with E-state index in [1.165, 1.54) is 12.0 Å². The maximum Gasteiger partial charge on any atom is 0.256 e. The van der Waals surface area contributed by atoms with Crippen molar-refractivity contribution in [2.45, 2.75) is 13.3 Å². The molecule has 4 rings (SSSR count). The Hall–Kier alpha value is -3.22. The van der Waals surface area contributed by atoms with Gasteiger partial charge >= 0.3 is 0 Å². The minimum atomic E-state index is 0.0365. The lowest BCUT2D eigenvalue weighted by molar-refractivity contribution is 0.0767. The molecule has 0 saturated carbocycles. The summed E-state index contributed by atoms with van der Waals surface area (Å²) in [6.45, 7) is 5.24. The number of aromatic nitrogens is 4. The summed E-state index contributed by atoms with van der Waals surface area (Å²) in [6.07, 6.45) is 7.73. The van der Waals surface area contributed by atoms with Crippen molar-refractivity contribution in [2.75, 3.05) is 31.1 Å². The third kappa shape index (κ3) is 3.53. The summed E-state index contributed by atoms with van der Waals surface area (Å²) < 4.78 is 1.64. The molecule has 27 heavy (non-hydrogen) atoms. The molecule has 138 valence electrons. The number of carbonyl (C=O) groups is 1. The first-order valence-corrected chi connectivity index (χ1v) is 9.13. The van der Waals surface area contributed by atoms with Crippen LogP contribution in [0.5, 0.6) is 0 Å². The van der Waals surface area contributed by atoms with Crippen LogP contribution in [0.15, 0.2) is 55.4 Å². The van der Waals surface area contributed by atoms with Gasteiger partial charge in [-0.2, -0.15) is 5.10 Å². The Kier molecular flexibility index (Phi) is 4.82. The van der Waals surface area contributed by atoms with Gasteiger partial charge < -0.3 is 9.80 Å². The van der Waals surface area contributed by atoms with E-state index in [1.807, 2.05) is 47.6 Å². The highest BCUT2D eigenvalue weighted by Crippen LogP contribution is 2.21. The topological polar surface area (TPSA) is 67.2 Å². The van der Waals surface area contributed by atoms with Crippen LogP contribution < -0.4 is 4.90 Å². The molecule has 3 aromatic rings. The molecule has 0 unspecified atom stereocenters. The first-order chi connectivity index (χ1) is 13.2. The predicted molar refractivity (Wildman–Crippen MR) is 103 cm³/mol. The van der Waals surface area contributed by atoms with E-state index in [-0.39, 0.29) is 5.91 Å². The number of nitrogens with zero attached hydrogens (tertiary/aromatic N) is 6. The Balaban J connectivity index is 1.54. The van der Waals surface area contributed by atoms with E-state index >= 15 is 0 Å². The average molecular weight is 362 g/mol. The number of aryl methyl sites for hydroxylation is 1. The van der Waals surface area contributed by atoms with Gasteiger partial charge in [0.25, 0.3) is 5.91 Å². The van der Waals surface area contributed by atoms with Crippen molar-refractivity contribution in [3.05, 3.63) is 66.5 Å². The molecular weight excluding hydrogens is 340 g/mol. The summed E-state index contributed by atoms with van der Waals surface area (Å²) in [6, 6.07) is 9.59. The second kappa shape index (κ2) is 7.57. The number of hydrogen-bond acceptors (Lipinski definition) is 5. The summed E-state index contributed by atoms with van der Waals surface area (Å²) in [5.41, 5.74) is 3.76. The van der Waals surface area contributed by atoms with Crippen LogP contribution in [-0.2, 0) is 0 Å². The summed E-state index contributed by atoms with van der Waals surface area (Å²) >= 11 is 0. The molecular formula is C20H22N6O. The molecule has 2 aromatic heterocycles. The second-order valence-electron chi connectivity index (χ2n) is 6.65. The van der Waals surface area contributed by atoms with Gasteiger partial charge in [0.2, 0.25) is 0 Å². The molecule has 7 nitrogen and oxygen atoms in total. The highest BCUT2D eigenvalue weighted by atomic mass is 16.2. The maximum absolute atomic E-state index is 13.2. The molecule has 0 atom stereocenters. The largest absolute Gasteiger partial charge is 0.369 e. The lowest BCUT2D eigenvalue weighted by Crippen LogP contribution is -2.35. The molecule has 0 radical (unpaired) electrons. The average Bonchev–Trinajstić information content (AvgIpc) is 3.13. The molecule has 1 aliphatic heterocycles. The van der Waals surface area contributed by atoms with Gasteiger partial charge in [-0.05, 0) is 37.1 Å². The van der Waals surface area contributed by atoms with Gasteiger partial charge in [0.15, 0.2) is 0 Å². The lowest BCUT2D eigenvalue weighted by Gasteiger charge is -2.25. The SMILES string of the molecule is Cc1cnccc1N1CCCN(C(=O)c2ccccc2-n2cncn2)CC1. The quantitative estimate of drug-likeness (QED) is 0.715. The Morgan fingerprint density at radius 1 is 1.00 bits per heavy atom. The van der Waals surface area contributed by atoms with E-state index in [0.29, 0.717) is 12.1 Å². The minimum Gasteiger partial charge on any atom is -0.369 e. The van der Waals surface area contributed by atoms with Crippen molar-refractivity contribution >= 4 is 11.6 Å². The van der Waals surface area contributed by atoms with Crippen LogP contribution in [0.4, 0.5) is 5.69 Å². The molecule has 0 N–H and O–H groups in total. The van der Waals surface area contributed by atoms with Gasteiger partial charge in [-0.1, -0.05) is 12.1 Å². The van der Waals surface area contributed by atoms with Gasteiger partial charge in [-0.3, -0.25) is 9.78 Å². The monoisotopic (exact) mass is 362 g/mol. The number of anilines is 1. The summed E-state index contributed by atoms with van der Waals surface area (Å²) in [5.74, 6) is 0.0365. The van der Waals surface area contributed by atoms with Gasteiger partial charge in [0.05, 0.1) is 11.3 Å². The van der Waals surface area contributed by atoms with Crippen molar-refractivity contribution in [2.24, 2.45) is 0 Å². The summed E-state index contributed by atoms with van der Waals surface area (Å²) in [7, 11) is 0. The van der Waals surface area contributed by atoms with Crippen molar-refractivity contribution in [3.63, 3.8) is 0 Å². The molecule has 1 aliphatic rings. The normalized spacial score (nSPS) is 14.9. The predicted octanol–water partition coefficient (Wildman–Crippen LogP) is 2.32. The summed E-state index contributed by atoms with van der Waals surface area (Å²) in [5, 5.41) is 4.18. The molecule has 1 aromatic carbocycles. The lowest BCUT2D eigenvalue weighted by atomic mass is 10.1. The second-order valence-corrected chi connectivity index (χ2v) is 6.65. The van der Waals surface area contributed by atoms with Gasteiger partial charge in [0, 0.05) is 44.3 Å². The zero-order chi connectivity index (χ0) is 18.6. The number of hydrogen-bond donors (Lipinski definition) is 0. The van der Waals surface area contributed by atoms with E-state index in [2.05, 4.69) is 26.9 Å². The number of amides is 1. The van der Waals surface area contributed by atoms with Crippen molar-refractivity contribution in [1.29, 1.82) is 0 Å². The van der Waals surface area contributed by atoms with Gasteiger partial charge in [0.1, 0.15) is 12.7 Å². The number of para-hydroxylation sites is 1. The first kappa shape index (κ1) is 17.2. The van der Waals surface area contributed by atoms with Gasteiger partial charge in [-0.15, -0.1) is 0 Å². The fourth-order valence-electron chi connectivity index (χ4n) is 3.54. The zero-order valence-corrected chi connectivity index (χ0v) is 15.3. The Morgan fingerprint density at radius 2 is 1.89 bits per heavy atom. The van der Waals surface area contributed by atoms with Crippen LogP contribution >= 0.6 is 0 Å². The number of carbonyl (C=O) groups excluding carboxylic acids is 1. The maximum atomic E-state index is 13.2. The van der Waals surface area contributed by atoms with Crippen LogP contribution in [0.3, 0.4) is 0 Å². The standard InChI is InChI=1S/C20H22N6O/c1-16-13-21-8-7-18(16)24-9-4-10-25(12-11-24)20(27)17-5-2-3-6-19(17)26-15-22-14-23-26/h2-3,5-8,13-15H,4,9-12H2,1H3. The van der Waals surface area contributed by atoms with E-state index in [4.69, 9.17) is 0 Å². The molecule has 1 fully saturated rings. The number of pyridine rings is 1. The smallest absolute Gasteiger partial charge is 0.256 e. The number of benzene rings is 1. The minimum absolute atomic E-state index is 0.0365. The van der Waals surface area contributed by atoms with Gasteiger partial charge in [-0.25, -0.2) is 9.67 Å². The van der Waals surface area contributed by atoms with E-state index in [9.17, 15) is 4.79 Å². The molecule has 0 aliphatic carbocycles. The van der Waals surface area contributed by atoms with Crippen molar-refractivity contribution < 1.29 is 4.79 Å². The molecule has 7 heteroatoms. The van der Waals surface area contributed by atoms with Crippen LogP contribution in [0, 0.1) is 6.92 Å². The third-order valence-electron chi connectivity index (χ3n) is 4.91. The van der Waals surface area contributed by atoms with Crippen molar-refractivity contribution in [1.82, 2.24) is 24.6 Å². The Bertz CT molecular complexity index is 924. The molecule has 0 bridgehead atoms. The van der Waals surface area contributed by atoms with E-state index in [0.717, 1.165) is 37.3 Å². The number of rotatable bonds is 3. The highest BCUT2D eigenvalue weighted by molar-refractivity contribution is 5.97.